The fourth-order valence-corrected chi connectivity index (χ4v) is 4.18. The summed E-state index contributed by atoms with van der Waals surface area (Å²) in [6.07, 6.45) is 3.91. The molecule has 1 aromatic carbocycles. The van der Waals surface area contributed by atoms with Gasteiger partial charge >= 0.3 is 0 Å². The zero-order valence-electron chi connectivity index (χ0n) is 12.5. The second kappa shape index (κ2) is 5.21. The molecule has 108 valence electrons. The van der Waals surface area contributed by atoms with Gasteiger partial charge in [-0.2, -0.15) is 0 Å². The Balaban J connectivity index is 2.07. The molecule has 0 aliphatic carbocycles. The van der Waals surface area contributed by atoms with Gasteiger partial charge in [0, 0.05) is 19.5 Å². The van der Waals surface area contributed by atoms with Gasteiger partial charge in [0.2, 0.25) is 5.91 Å². The third kappa shape index (κ3) is 1.96. The number of carbonyl (C=O) groups excluding carboxylic acids is 1. The van der Waals surface area contributed by atoms with Crippen LogP contribution in [0.25, 0.3) is 0 Å². The fraction of sp³-hybridized carbons (Fsp3) is 0.588. The molecule has 2 unspecified atom stereocenters. The number of hydrogen-bond acceptors (Lipinski definition) is 2. The number of carbonyl (C=O) groups is 1. The highest BCUT2D eigenvalue weighted by atomic mass is 16.2. The Labute approximate surface area is 121 Å². The summed E-state index contributed by atoms with van der Waals surface area (Å²) in [5.74, 6) is 0.338. The highest BCUT2D eigenvalue weighted by Crippen LogP contribution is 2.41. The quantitative estimate of drug-likeness (QED) is 0.917. The molecule has 2 saturated heterocycles. The largest absolute Gasteiger partial charge is 0.336 e. The van der Waals surface area contributed by atoms with Crippen molar-refractivity contribution < 1.29 is 4.79 Å². The van der Waals surface area contributed by atoms with E-state index in [1.54, 1.807) is 0 Å². The predicted molar refractivity (Wildman–Crippen MR) is 80.5 cm³/mol. The molecule has 1 N–H and O–H groups in total. The van der Waals surface area contributed by atoms with Crippen LogP contribution in [0.4, 0.5) is 0 Å². The Morgan fingerprint density at radius 3 is 2.95 bits per heavy atom. The average molecular weight is 272 g/mol. The van der Waals surface area contributed by atoms with Gasteiger partial charge < -0.3 is 10.2 Å². The minimum Gasteiger partial charge on any atom is -0.336 e. The molecule has 3 heteroatoms. The molecule has 2 aliphatic heterocycles. The maximum absolute atomic E-state index is 12.1. The first-order chi connectivity index (χ1) is 9.69. The van der Waals surface area contributed by atoms with Gasteiger partial charge in [-0.15, -0.1) is 0 Å². The number of aryl methyl sites for hydroxylation is 1. The second-order valence-corrected chi connectivity index (χ2v) is 6.10. The van der Waals surface area contributed by atoms with Crippen molar-refractivity contribution in [2.24, 2.45) is 0 Å². The number of piperazine rings is 1. The normalized spacial score (nSPS) is 29.6. The molecular weight excluding hydrogens is 248 g/mol. The lowest BCUT2D eigenvalue weighted by Crippen LogP contribution is -2.63. The van der Waals surface area contributed by atoms with Crippen molar-refractivity contribution in [3.63, 3.8) is 0 Å². The molecule has 1 aromatic rings. The molecule has 3 rings (SSSR count). The highest BCUT2D eigenvalue weighted by Gasteiger charge is 2.49. The molecule has 0 spiro atoms. The van der Waals surface area contributed by atoms with Crippen LogP contribution in [0.3, 0.4) is 0 Å². The van der Waals surface area contributed by atoms with Crippen molar-refractivity contribution in [1.82, 2.24) is 10.2 Å². The lowest BCUT2D eigenvalue weighted by Gasteiger charge is -2.49. The van der Waals surface area contributed by atoms with Crippen molar-refractivity contribution >= 4 is 5.91 Å². The van der Waals surface area contributed by atoms with E-state index in [1.807, 2.05) is 0 Å². The van der Waals surface area contributed by atoms with Crippen LogP contribution in [-0.2, 0) is 10.3 Å². The van der Waals surface area contributed by atoms with Gasteiger partial charge in [0.05, 0.1) is 11.6 Å². The van der Waals surface area contributed by atoms with E-state index in [0.717, 1.165) is 32.4 Å². The summed E-state index contributed by atoms with van der Waals surface area (Å²) in [5.41, 5.74) is 2.66. The minimum absolute atomic E-state index is 0.0511. The Morgan fingerprint density at radius 1 is 1.40 bits per heavy atom. The number of rotatable bonds is 3. The summed E-state index contributed by atoms with van der Waals surface area (Å²) < 4.78 is 0. The van der Waals surface area contributed by atoms with E-state index >= 15 is 0 Å². The number of hydrogen-bond donors (Lipinski definition) is 1. The lowest BCUT2D eigenvalue weighted by molar-refractivity contribution is -0.131. The van der Waals surface area contributed by atoms with Crippen LogP contribution in [0.5, 0.6) is 0 Å². The van der Waals surface area contributed by atoms with E-state index in [1.165, 1.54) is 11.1 Å². The van der Waals surface area contributed by atoms with Gasteiger partial charge in [0.1, 0.15) is 0 Å². The predicted octanol–water partition coefficient (Wildman–Crippen LogP) is 2.58. The van der Waals surface area contributed by atoms with Gasteiger partial charge in [0.15, 0.2) is 0 Å². The minimum atomic E-state index is -0.0511. The van der Waals surface area contributed by atoms with Crippen molar-refractivity contribution in [3.05, 3.63) is 35.4 Å². The summed E-state index contributed by atoms with van der Waals surface area (Å²) in [7, 11) is 0. The summed E-state index contributed by atoms with van der Waals surface area (Å²) >= 11 is 0. The average Bonchev–Trinajstić information content (AvgIpc) is 2.83. The zero-order chi connectivity index (χ0) is 14.2. The molecular formula is C17H24N2O. The van der Waals surface area contributed by atoms with Crippen LogP contribution in [0.2, 0.25) is 0 Å². The third-order valence-corrected chi connectivity index (χ3v) is 4.96. The Kier molecular flexibility index (Phi) is 3.55. The molecule has 2 fully saturated rings. The summed E-state index contributed by atoms with van der Waals surface area (Å²) in [4.78, 5) is 14.2. The topological polar surface area (TPSA) is 32.3 Å². The molecule has 2 atom stereocenters. The first-order valence-electron chi connectivity index (χ1n) is 7.79. The van der Waals surface area contributed by atoms with E-state index in [0.29, 0.717) is 18.4 Å². The summed E-state index contributed by atoms with van der Waals surface area (Å²) in [6.45, 7) is 6.18. The van der Waals surface area contributed by atoms with Gasteiger partial charge in [-0.05, 0) is 30.9 Å². The summed E-state index contributed by atoms with van der Waals surface area (Å²) in [5, 5.41) is 3.79. The second-order valence-electron chi connectivity index (χ2n) is 6.10. The molecule has 0 bridgehead atoms. The van der Waals surface area contributed by atoms with Crippen LogP contribution < -0.4 is 5.32 Å². The fourth-order valence-electron chi connectivity index (χ4n) is 4.18. The lowest BCUT2D eigenvalue weighted by atomic mass is 9.75. The Hall–Kier alpha value is -1.35. The van der Waals surface area contributed by atoms with Crippen LogP contribution in [0.1, 0.15) is 43.7 Å². The standard InChI is InChI=1S/C17H24N2O/c1-3-10-17(14-7-5-4-6-13(14)2)15-8-9-16(20)19(15)12-11-18-17/h4-7,15,18H,3,8-12H2,1-2H3. The number of nitrogens with one attached hydrogen (secondary N) is 1. The van der Waals surface area contributed by atoms with Crippen molar-refractivity contribution in [2.45, 2.75) is 51.1 Å². The zero-order valence-corrected chi connectivity index (χ0v) is 12.5. The monoisotopic (exact) mass is 272 g/mol. The maximum Gasteiger partial charge on any atom is 0.223 e. The smallest absolute Gasteiger partial charge is 0.223 e. The van der Waals surface area contributed by atoms with Crippen LogP contribution in [0.15, 0.2) is 24.3 Å². The molecule has 20 heavy (non-hydrogen) atoms. The van der Waals surface area contributed by atoms with E-state index < -0.39 is 0 Å². The molecule has 2 heterocycles. The van der Waals surface area contributed by atoms with Crippen molar-refractivity contribution in [1.29, 1.82) is 0 Å². The van der Waals surface area contributed by atoms with Gasteiger partial charge in [-0.25, -0.2) is 0 Å². The Bertz CT molecular complexity index is 509. The third-order valence-electron chi connectivity index (χ3n) is 4.96. The van der Waals surface area contributed by atoms with Crippen LogP contribution in [0, 0.1) is 6.92 Å². The number of benzene rings is 1. The molecule has 0 radical (unpaired) electrons. The molecule has 3 nitrogen and oxygen atoms in total. The van der Waals surface area contributed by atoms with E-state index in [9.17, 15) is 4.79 Å². The molecule has 1 amide bonds. The maximum atomic E-state index is 12.1. The first-order valence-corrected chi connectivity index (χ1v) is 7.79. The van der Waals surface area contributed by atoms with E-state index in [4.69, 9.17) is 0 Å². The highest BCUT2D eigenvalue weighted by molar-refractivity contribution is 5.79. The van der Waals surface area contributed by atoms with Crippen molar-refractivity contribution in [3.8, 4) is 0 Å². The summed E-state index contributed by atoms with van der Waals surface area (Å²) in [6, 6.07) is 8.97. The number of amides is 1. The van der Waals surface area contributed by atoms with Gasteiger partial charge in [0.25, 0.3) is 0 Å². The molecule has 2 aliphatic rings. The van der Waals surface area contributed by atoms with Gasteiger partial charge in [-0.3, -0.25) is 4.79 Å². The number of nitrogens with zero attached hydrogens (tertiary/aromatic N) is 1. The van der Waals surface area contributed by atoms with E-state index in [2.05, 4.69) is 48.3 Å². The van der Waals surface area contributed by atoms with Crippen LogP contribution in [-0.4, -0.2) is 29.9 Å². The molecule has 0 aromatic heterocycles. The van der Waals surface area contributed by atoms with E-state index in [-0.39, 0.29) is 5.54 Å². The SMILES string of the molecule is CCCC1(c2ccccc2C)NCCN2C(=O)CCC21. The number of fused-ring (bicyclic) bond motifs is 1. The van der Waals surface area contributed by atoms with Crippen LogP contribution >= 0.6 is 0 Å². The van der Waals surface area contributed by atoms with Crippen molar-refractivity contribution in [2.75, 3.05) is 13.1 Å². The molecule has 0 saturated carbocycles. The van der Waals surface area contributed by atoms with Gasteiger partial charge in [-0.1, -0.05) is 37.6 Å². The Morgan fingerprint density at radius 2 is 2.20 bits per heavy atom. The first kappa shape index (κ1) is 13.6.